The number of benzene rings is 2. The zero-order chi connectivity index (χ0) is 14.9. The zero-order valence-electron chi connectivity index (χ0n) is 11.7. The standard InChI is InChI=1S/C17H13N3OS/c21-14-8-7-11(12-4-3-9-18-16(12)14)10-19-17-20-13-5-1-2-6-15(13)22-17/h1-9,21H,10H2,(H,19,20). The second-order valence-electron chi connectivity index (χ2n) is 4.98. The van der Waals surface area contributed by atoms with Gasteiger partial charge in [0.15, 0.2) is 5.13 Å². The highest BCUT2D eigenvalue weighted by Gasteiger charge is 2.07. The lowest BCUT2D eigenvalue weighted by atomic mass is 10.1. The van der Waals surface area contributed by atoms with Gasteiger partial charge < -0.3 is 10.4 Å². The predicted molar refractivity (Wildman–Crippen MR) is 90.4 cm³/mol. The van der Waals surface area contributed by atoms with Crippen molar-refractivity contribution in [3.8, 4) is 5.75 Å². The molecule has 4 rings (SSSR count). The Labute approximate surface area is 131 Å². The largest absolute Gasteiger partial charge is 0.506 e. The van der Waals surface area contributed by atoms with Crippen molar-refractivity contribution >= 4 is 37.6 Å². The van der Waals surface area contributed by atoms with Crippen molar-refractivity contribution in [3.63, 3.8) is 0 Å². The first-order valence-corrected chi connectivity index (χ1v) is 7.78. The molecule has 5 heteroatoms. The van der Waals surface area contributed by atoms with Crippen molar-refractivity contribution < 1.29 is 5.11 Å². The molecule has 0 aliphatic heterocycles. The molecule has 0 unspecified atom stereocenters. The van der Waals surface area contributed by atoms with Crippen LogP contribution in [0.15, 0.2) is 54.7 Å². The summed E-state index contributed by atoms with van der Waals surface area (Å²) in [4.78, 5) is 8.81. The molecular weight excluding hydrogens is 294 g/mol. The van der Waals surface area contributed by atoms with Crippen LogP contribution in [0.5, 0.6) is 5.75 Å². The molecule has 2 N–H and O–H groups in total. The van der Waals surface area contributed by atoms with Crippen LogP contribution in [0.2, 0.25) is 0 Å². The molecule has 2 heterocycles. The van der Waals surface area contributed by atoms with Crippen LogP contribution < -0.4 is 5.32 Å². The number of para-hydroxylation sites is 1. The highest BCUT2D eigenvalue weighted by atomic mass is 32.1. The van der Waals surface area contributed by atoms with Crippen molar-refractivity contribution in [2.45, 2.75) is 6.54 Å². The Morgan fingerprint density at radius 3 is 2.86 bits per heavy atom. The first kappa shape index (κ1) is 13.0. The van der Waals surface area contributed by atoms with E-state index in [1.807, 2.05) is 36.4 Å². The Morgan fingerprint density at radius 1 is 1.05 bits per heavy atom. The Balaban J connectivity index is 1.65. The van der Waals surface area contributed by atoms with E-state index in [0.717, 1.165) is 21.6 Å². The van der Waals surface area contributed by atoms with Crippen molar-refractivity contribution in [2.75, 3.05) is 5.32 Å². The number of pyridine rings is 1. The number of nitrogens with one attached hydrogen (secondary N) is 1. The summed E-state index contributed by atoms with van der Waals surface area (Å²) >= 11 is 1.64. The molecule has 0 saturated carbocycles. The SMILES string of the molecule is Oc1ccc(CNc2nc3ccccc3s2)c2cccnc12. The van der Waals surface area contributed by atoms with Gasteiger partial charge in [-0.1, -0.05) is 35.6 Å². The fraction of sp³-hybridized carbons (Fsp3) is 0.0588. The summed E-state index contributed by atoms with van der Waals surface area (Å²) in [6, 6.07) is 15.5. The van der Waals surface area contributed by atoms with E-state index in [2.05, 4.69) is 21.4 Å². The molecule has 108 valence electrons. The summed E-state index contributed by atoms with van der Waals surface area (Å²) in [5.74, 6) is 0.208. The summed E-state index contributed by atoms with van der Waals surface area (Å²) in [7, 11) is 0. The van der Waals surface area contributed by atoms with Crippen LogP contribution in [-0.4, -0.2) is 15.1 Å². The minimum Gasteiger partial charge on any atom is -0.506 e. The fourth-order valence-corrected chi connectivity index (χ4v) is 3.35. The third-order valence-electron chi connectivity index (χ3n) is 3.56. The lowest BCUT2D eigenvalue weighted by molar-refractivity contribution is 0.480. The van der Waals surface area contributed by atoms with Crippen LogP contribution >= 0.6 is 11.3 Å². The van der Waals surface area contributed by atoms with Crippen LogP contribution in [-0.2, 0) is 6.54 Å². The third-order valence-corrected chi connectivity index (χ3v) is 4.56. The number of hydrogen-bond acceptors (Lipinski definition) is 5. The van der Waals surface area contributed by atoms with Crippen LogP contribution in [0.25, 0.3) is 21.1 Å². The number of phenols is 1. The van der Waals surface area contributed by atoms with Gasteiger partial charge in [0, 0.05) is 18.1 Å². The summed E-state index contributed by atoms with van der Waals surface area (Å²) in [5.41, 5.74) is 2.72. The van der Waals surface area contributed by atoms with Gasteiger partial charge in [-0.05, 0) is 29.8 Å². The Bertz CT molecular complexity index is 931. The number of aromatic hydroxyl groups is 1. The van der Waals surface area contributed by atoms with Crippen LogP contribution in [0, 0.1) is 0 Å². The van der Waals surface area contributed by atoms with Gasteiger partial charge in [-0.25, -0.2) is 4.98 Å². The molecule has 0 spiro atoms. The molecule has 0 amide bonds. The number of aromatic nitrogens is 2. The van der Waals surface area contributed by atoms with Crippen molar-refractivity contribution in [1.82, 2.24) is 9.97 Å². The number of anilines is 1. The number of thiazole rings is 1. The van der Waals surface area contributed by atoms with E-state index >= 15 is 0 Å². The third kappa shape index (κ3) is 2.25. The maximum absolute atomic E-state index is 9.88. The highest BCUT2D eigenvalue weighted by Crippen LogP contribution is 2.28. The number of phenolic OH excluding ortho intramolecular Hbond substituents is 1. The van der Waals surface area contributed by atoms with E-state index in [9.17, 15) is 5.11 Å². The Hall–Kier alpha value is -2.66. The van der Waals surface area contributed by atoms with Crippen molar-refractivity contribution in [2.24, 2.45) is 0 Å². The minimum atomic E-state index is 0.208. The van der Waals surface area contributed by atoms with Gasteiger partial charge in [0.2, 0.25) is 0 Å². The molecule has 4 nitrogen and oxygen atoms in total. The smallest absolute Gasteiger partial charge is 0.184 e. The molecule has 0 aliphatic carbocycles. The fourth-order valence-electron chi connectivity index (χ4n) is 2.49. The summed E-state index contributed by atoms with van der Waals surface area (Å²) in [6.45, 7) is 0.641. The van der Waals surface area contributed by atoms with Gasteiger partial charge >= 0.3 is 0 Å². The molecule has 0 saturated heterocycles. The average Bonchev–Trinajstić information content (AvgIpc) is 2.97. The van der Waals surface area contributed by atoms with E-state index < -0.39 is 0 Å². The number of nitrogens with zero attached hydrogens (tertiary/aromatic N) is 2. The topological polar surface area (TPSA) is 58.0 Å². The van der Waals surface area contributed by atoms with Gasteiger partial charge in [-0.15, -0.1) is 0 Å². The van der Waals surface area contributed by atoms with Gasteiger partial charge in [-0.3, -0.25) is 4.98 Å². The predicted octanol–water partition coefficient (Wildman–Crippen LogP) is 4.16. The molecule has 0 radical (unpaired) electrons. The van der Waals surface area contributed by atoms with E-state index in [4.69, 9.17) is 0 Å². The van der Waals surface area contributed by atoms with E-state index in [0.29, 0.717) is 12.1 Å². The Morgan fingerprint density at radius 2 is 1.95 bits per heavy atom. The summed E-state index contributed by atoms with van der Waals surface area (Å²) < 4.78 is 1.17. The monoisotopic (exact) mass is 307 g/mol. The normalized spacial score (nSPS) is 11.1. The van der Waals surface area contributed by atoms with Crippen LogP contribution in [0.3, 0.4) is 0 Å². The first-order chi connectivity index (χ1) is 10.8. The molecule has 2 aromatic carbocycles. The first-order valence-electron chi connectivity index (χ1n) is 6.96. The second kappa shape index (κ2) is 5.27. The number of rotatable bonds is 3. The average molecular weight is 307 g/mol. The highest BCUT2D eigenvalue weighted by molar-refractivity contribution is 7.22. The van der Waals surface area contributed by atoms with Crippen LogP contribution in [0.4, 0.5) is 5.13 Å². The van der Waals surface area contributed by atoms with Gasteiger partial charge in [0.1, 0.15) is 11.3 Å². The van der Waals surface area contributed by atoms with Gasteiger partial charge in [0.05, 0.1) is 10.2 Å². The van der Waals surface area contributed by atoms with Crippen molar-refractivity contribution in [3.05, 3.63) is 60.3 Å². The number of fused-ring (bicyclic) bond motifs is 2. The summed E-state index contributed by atoms with van der Waals surface area (Å²) in [5, 5.41) is 15.1. The van der Waals surface area contributed by atoms with Crippen molar-refractivity contribution in [1.29, 1.82) is 0 Å². The quantitative estimate of drug-likeness (QED) is 0.596. The molecule has 4 aromatic rings. The minimum absolute atomic E-state index is 0.208. The molecule has 22 heavy (non-hydrogen) atoms. The lowest BCUT2D eigenvalue weighted by Crippen LogP contribution is -2.00. The molecule has 0 bridgehead atoms. The molecule has 2 aromatic heterocycles. The van der Waals surface area contributed by atoms with E-state index in [-0.39, 0.29) is 5.75 Å². The van der Waals surface area contributed by atoms with E-state index in [1.165, 1.54) is 4.70 Å². The zero-order valence-corrected chi connectivity index (χ0v) is 12.5. The summed E-state index contributed by atoms with van der Waals surface area (Å²) in [6.07, 6.45) is 1.69. The maximum Gasteiger partial charge on any atom is 0.184 e. The second-order valence-corrected chi connectivity index (χ2v) is 6.01. The van der Waals surface area contributed by atoms with Crippen LogP contribution in [0.1, 0.15) is 5.56 Å². The lowest BCUT2D eigenvalue weighted by Gasteiger charge is -2.08. The molecular formula is C17H13N3OS. The number of hydrogen-bond donors (Lipinski definition) is 2. The van der Waals surface area contributed by atoms with E-state index in [1.54, 1.807) is 23.6 Å². The maximum atomic E-state index is 9.88. The Kier molecular flexibility index (Phi) is 3.12. The molecule has 0 aliphatic rings. The van der Waals surface area contributed by atoms with Gasteiger partial charge in [-0.2, -0.15) is 0 Å². The molecule has 0 atom stereocenters. The molecule has 0 fully saturated rings. The van der Waals surface area contributed by atoms with Gasteiger partial charge in [0.25, 0.3) is 0 Å².